The number of hydrogen-bond acceptors (Lipinski definition) is 9. The van der Waals surface area contributed by atoms with Crippen molar-refractivity contribution >= 4 is 23.7 Å². The van der Waals surface area contributed by atoms with Crippen molar-refractivity contribution < 1.29 is 23.8 Å². The average Bonchev–Trinajstić information content (AvgIpc) is 3.29. The predicted octanol–water partition coefficient (Wildman–Crippen LogP) is 4.14. The Hall–Kier alpha value is -2.49. The van der Waals surface area contributed by atoms with Gasteiger partial charge in [0.2, 0.25) is 11.8 Å². The minimum absolute atomic E-state index is 0.0219. The van der Waals surface area contributed by atoms with Crippen molar-refractivity contribution in [2.45, 2.75) is 97.3 Å². The third kappa shape index (κ3) is 6.51. The van der Waals surface area contributed by atoms with Gasteiger partial charge in [0, 0.05) is 18.3 Å². The van der Waals surface area contributed by atoms with E-state index in [9.17, 15) is 14.4 Å². The molecule has 2 aliphatic heterocycles. The number of fused-ring (bicyclic) bond motifs is 2. The summed E-state index contributed by atoms with van der Waals surface area (Å²) >= 11 is 1.46. The molecule has 10 heteroatoms. The number of carbonyl (C=O) groups excluding carboxylic acids is 2. The van der Waals surface area contributed by atoms with Crippen LogP contribution in [0.2, 0.25) is 0 Å². The van der Waals surface area contributed by atoms with E-state index in [0.717, 1.165) is 32.1 Å². The van der Waals surface area contributed by atoms with Gasteiger partial charge in [0.1, 0.15) is 11.5 Å². The Morgan fingerprint density at radius 2 is 1.70 bits per heavy atom. The van der Waals surface area contributed by atoms with Gasteiger partial charge in [-0.25, -0.2) is 4.79 Å². The third-order valence-corrected chi connectivity index (χ3v) is 7.34. The van der Waals surface area contributed by atoms with Crippen LogP contribution in [-0.2, 0) is 25.6 Å². The molecule has 1 aromatic rings. The smallest absolute Gasteiger partial charge is 0.340 e. The Kier molecular flexibility index (Phi) is 7.97. The van der Waals surface area contributed by atoms with Gasteiger partial charge in [0.25, 0.3) is 5.56 Å². The molecule has 0 saturated heterocycles. The first-order valence-electron chi connectivity index (χ1n) is 13.1. The van der Waals surface area contributed by atoms with E-state index < -0.39 is 17.9 Å². The van der Waals surface area contributed by atoms with Crippen molar-refractivity contribution in [1.29, 1.82) is 0 Å². The molecule has 204 valence electrons. The van der Waals surface area contributed by atoms with Gasteiger partial charge in [-0.15, -0.1) is 0 Å². The highest BCUT2D eigenvalue weighted by Gasteiger charge is 2.45. The van der Waals surface area contributed by atoms with Gasteiger partial charge in [0.15, 0.2) is 5.16 Å². The number of nitrogens with one attached hydrogen (secondary N) is 1. The highest BCUT2D eigenvalue weighted by atomic mass is 32.2. The molecule has 0 spiro atoms. The van der Waals surface area contributed by atoms with Crippen LogP contribution in [0.5, 0.6) is 5.88 Å². The minimum Gasteiger partial charge on any atom is -0.464 e. The molecule has 3 aliphatic rings. The van der Waals surface area contributed by atoms with Crippen LogP contribution >= 0.6 is 11.8 Å². The number of esters is 2. The predicted molar refractivity (Wildman–Crippen MR) is 140 cm³/mol. The Morgan fingerprint density at radius 1 is 1.05 bits per heavy atom. The lowest BCUT2D eigenvalue weighted by molar-refractivity contribution is -0.151. The van der Waals surface area contributed by atoms with Gasteiger partial charge in [-0.3, -0.25) is 14.2 Å². The van der Waals surface area contributed by atoms with Crippen molar-refractivity contribution in [3.8, 4) is 5.88 Å². The van der Waals surface area contributed by atoms with Crippen molar-refractivity contribution in [2.75, 3.05) is 19.0 Å². The molecule has 1 aliphatic carbocycles. The quantitative estimate of drug-likeness (QED) is 0.426. The van der Waals surface area contributed by atoms with Gasteiger partial charge in [-0.2, -0.15) is 4.98 Å². The molecule has 1 unspecified atom stereocenters. The second-order valence-electron chi connectivity index (χ2n) is 12.5. The van der Waals surface area contributed by atoms with Crippen LogP contribution in [0.25, 0.3) is 0 Å². The van der Waals surface area contributed by atoms with E-state index in [0.29, 0.717) is 17.5 Å². The van der Waals surface area contributed by atoms with Gasteiger partial charge in [0.05, 0.1) is 18.8 Å². The molecule has 37 heavy (non-hydrogen) atoms. The van der Waals surface area contributed by atoms with E-state index in [4.69, 9.17) is 14.2 Å². The van der Waals surface area contributed by atoms with Crippen molar-refractivity contribution in [2.24, 2.45) is 10.8 Å². The number of hydrogen-bond donors (Lipinski definition) is 1. The molecule has 4 rings (SSSR count). The molecule has 1 saturated carbocycles. The Bertz CT molecular complexity index is 1140. The van der Waals surface area contributed by atoms with E-state index in [1.54, 1.807) is 0 Å². The number of thioether (sulfide) groups is 1. The van der Waals surface area contributed by atoms with Gasteiger partial charge in [-0.1, -0.05) is 72.6 Å². The molecular weight excluding hydrogens is 494 g/mol. The monoisotopic (exact) mass is 533 g/mol. The normalized spacial score (nSPS) is 20.1. The summed E-state index contributed by atoms with van der Waals surface area (Å²) in [5.74, 6) is -1.80. The van der Waals surface area contributed by atoms with Crippen LogP contribution in [0.3, 0.4) is 0 Å². The topological polar surface area (TPSA) is 109 Å². The molecule has 3 heterocycles. The molecule has 0 radical (unpaired) electrons. The fourth-order valence-corrected chi connectivity index (χ4v) is 5.47. The molecule has 0 amide bonds. The molecule has 1 aromatic heterocycles. The largest absolute Gasteiger partial charge is 0.464 e. The van der Waals surface area contributed by atoms with Crippen molar-refractivity contribution in [1.82, 2.24) is 14.9 Å². The average molecular weight is 534 g/mol. The Balaban J connectivity index is 1.82. The van der Waals surface area contributed by atoms with E-state index in [2.05, 4.69) is 10.3 Å². The number of rotatable bonds is 6. The molecule has 1 atom stereocenters. The first-order valence-corrected chi connectivity index (χ1v) is 14.1. The first kappa shape index (κ1) is 27.5. The van der Waals surface area contributed by atoms with Crippen LogP contribution < -0.4 is 15.6 Å². The lowest BCUT2D eigenvalue weighted by Gasteiger charge is -2.32. The minimum atomic E-state index is -1.30. The summed E-state index contributed by atoms with van der Waals surface area (Å²) in [6.45, 7) is 12.4. The highest BCUT2D eigenvalue weighted by molar-refractivity contribution is 7.99. The number of nitrogens with zero attached hydrogens (tertiary/aromatic N) is 2. The summed E-state index contributed by atoms with van der Waals surface area (Å²) in [5.41, 5.74) is -0.971. The van der Waals surface area contributed by atoms with Gasteiger partial charge < -0.3 is 19.5 Å². The van der Waals surface area contributed by atoms with Crippen molar-refractivity contribution in [3.63, 3.8) is 0 Å². The maximum absolute atomic E-state index is 13.7. The SMILES string of the molecule is CC(C)(C)COC(=O)C1=C(NC2CCCCC2)Oc2nc3n(c(=O)c2C1C(=O)OCC(C)(C)C)CCS3. The van der Waals surface area contributed by atoms with Crippen LogP contribution in [-0.4, -0.2) is 46.5 Å². The number of carbonyl (C=O) groups is 2. The van der Waals surface area contributed by atoms with Gasteiger partial charge >= 0.3 is 11.9 Å². The zero-order chi connectivity index (χ0) is 27.0. The van der Waals surface area contributed by atoms with Gasteiger partial charge in [-0.05, 0) is 23.7 Å². The van der Waals surface area contributed by atoms with Crippen LogP contribution in [0, 0.1) is 10.8 Å². The standard InChI is InChI=1S/C27H39N3O6S/c1-26(2,3)14-34-23(32)17-18-20(29-25-30(22(18)31)12-13-37-25)36-21(28-16-10-8-7-9-11-16)19(17)24(33)35-15-27(4,5)6/h16-17,28H,7-15H2,1-6H3. The van der Waals surface area contributed by atoms with Crippen molar-refractivity contribution in [3.05, 3.63) is 27.4 Å². The molecule has 0 aromatic carbocycles. The molecule has 1 N–H and O–H groups in total. The van der Waals surface area contributed by atoms with E-state index in [-0.39, 0.29) is 58.5 Å². The highest BCUT2D eigenvalue weighted by Crippen LogP contribution is 2.40. The Labute approximate surface area is 222 Å². The molecule has 9 nitrogen and oxygen atoms in total. The van der Waals surface area contributed by atoms with E-state index in [1.165, 1.54) is 16.3 Å². The first-order chi connectivity index (χ1) is 17.3. The summed E-state index contributed by atoms with van der Waals surface area (Å²) < 4.78 is 19.1. The fraction of sp³-hybridized carbons (Fsp3) is 0.704. The lowest BCUT2D eigenvalue weighted by atomic mass is 9.89. The van der Waals surface area contributed by atoms with Crippen LogP contribution in [0.15, 0.2) is 21.4 Å². The zero-order valence-electron chi connectivity index (χ0n) is 22.8. The maximum atomic E-state index is 13.7. The molecular formula is C27H39N3O6S. The molecule has 0 bridgehead atoms. The van der Waals surface area contributed by atoms with E-state index >= 15 is 0 Å². The summed E-state index contributed by atoms with van der Waals surface area (Å²) in [5, 5.41) is 3.91. The number of ether oxygens (including phenoxy) is 3. The van der Waals surface area contributed by atoms with E-state index in [1.807, 2.05) is 41.5 Å². The lowest BCUT2D eigenvalue weighted by Crippen LogP contribution is -2.42. The Morgan fingerprint density at radius 3 is 2.35 bits per heavy atom. The summed E-state index contributed by atoms with van der Waals surface area (Å²) in [6.07, 6.45) is 5.11. The summed E-state index contributed by atoms with van der Waals surface area (Å²) in [7, 11) is 0. The summed E-state index contributed by atoms with van der Waals surface area (Å²) in [6, 6.07) is 0.0758. The second kappa shape index (κ2) is 10.7. The van der Waals surface area contributed by atoms with Crippen LogP contribution in [0.4, 0.5) is 0 Å². The summed E-state index contributed by atoms with van der Waals surface area (Å²) in [4.78, 5) is 45.5. The maximum Gasteiger partial charge on any atom is 0.340 e. The third-order valence-electron chi connectivity index (χ3n) is 6.38. The van der Waals surface area contributed by atoms with Crippen LogP contribution in [0.1, 0.15) is 85.1 Å². The second-order valence-corrected chi connectivity index (χ2v) is 13.5. The zero-order valence-corrected chi connectivity index (χ0v) is 23.6. The fourth-order valence-electron chi connectivity index (χ4n) is 4.54. The number of aromatic nitrogens is 2. The molecule has 1 fully saturated rings.